The summed E-state index contributed by atoms with van der Waals surface area (Å²) in [4.78, 5) is 23.6. The van der Waals surface area contributed by atoms with Gasteiger partial charge in [0.15, 0.2) is 5.54 Å². The van der Waals surface area contributed by atoms with Gasteiger partial charge in [0.25, 0.3) is 0 Å². The zero-order chi connectivity index (χ0) is 18.1. The number of hydrogen-bond acceptors (Lipinski definition) is 4. The summed E-state index contributed by atoms with van der Waals surface area (Å²) in [5, 5.41) is 15.5. The lowest BCUT2D eigenvalue weighted by Crippen LogP contribution is -2.55. The SMILES string of the molecule is Cc1nn(CC(F)(F)F)c(C)c1CC(=O)NC1(C(=O)O)CCOC1. The van der Waals surface area contributed by atoms with E-state index in [0.717, 1.165) is 4.68 Å². The first-order chi connectivity index (χ1) is 11.0. The van der Waals surface area contributed by atoms with Crippen LogP contribution < -0.4 is 5.32 Å². The molecule has 1 aliphatic heterocycles. The van der Waals surface area contributed by atoms with E-state index in [4.69, 9.17) is 4.74 Å². The Kier molecular flexibility index (Phi) is 4.88. The number of nitrogens with zero attached hydrogens (tertiary/aromatic N) is 2. The number of carboxylic acids is 1. The van der Waals surface area contributed by atoms with Crippen molar-refractivity contribution in [2.24, 2.45) is 0 Å². The number of alkyl halides is 3. The average Bonchev–Trinajstić information content (AvgIpc) is 2.99. The topological polar surface area (TPSA) is 93.5 Å². The van der Waals surface area contributed by atoms with E-state index in [9.17, 15) is 27.9 Å². The van der Waals surface area contributed by atoms with E-state index in [2.05, 4.69) is 10.4 Å². The van der Waals surface area contributed by atoms with Gasteiger partial charge in [0.2, 0.25) is 5.91 Å². The molecule has 1 amide bonds. The van der Waals surface area contributed by atoms with E-state index in [0.29, 0.717) is 11.3 Å². The molecule has 2 rings (SSSR count). The number of carbonyl (C=O) groups excluding carboxylic acids is 1. The van der Waals surface area contributed by atoms with Gasteiger partial charge in [-0.25, -0.2) is 4.79 Å². The molecule has 0 bridgehead atoms. The van der Waals surface area contributed by atoms with Gasteiger partial charge < -0.3 is 15.2 Å². The van der Waals surface area contributed by atoms with Crippen LogP contribution in [0, 0.1) is 13.8 Å². The zero-order valence-electron chi connectivity index (χ0n) is 13.2. The maximum absolute atomic E-state index is 12.5. The summed E-state index contributed by atoms with van der Waals surface area (Å²) in [5.74, 6) is -1.80. The lowest BCUT2D eigenvalue weighted by atomic mass is 9.98. The smallest absolute Gasteiger partial charge is 0.408 e. The molecule has 2 heterocycles. The predicted molar refractivity (Wildman–Crippen MR) is 75.4 cm³/mol. The third kappa shape index (κ3) is 3.86. The molecule has 0 aliphatic carbocycles. The number of aliphatic carboxylic acids is 1. The molecule has 1 saturated heterocycles. The maximum Gasteiger partial charge on any atom is 0.408 e. The highest BCUT2D eigenvalue weighted by molar-refractivity contribution is 5.88. The van der Waals surface area contributed by atoms with E-state index in [1.807, 2.05) is 0 Å². The number of carboxylic acid groups (broad SMARTS) is 1. The highest BCUT2D eigenvalue weighted by atomic mass is 19.4. The molecule has 2 N–H and O–H groups in total. The second kappa shape index (κ2) is 6.42. The van der Waals surface area contributed by atoms with E-state index in [-0.39, 0.29) is 31.7 Å². The molecule has 1 fully saturated rings. The molecule has 0 aromatic carbocycles. The summed E-state index contributed by atoms with van der Waals surface area (Å²) in [6, 6.07) is 0. The van der Waals surface area contributed by atoms with Gasteiger partial charge in [-0.3, -0.25) is 9.48 Å². The molecular formula is C14H18F3N3O4. The normalized spacial score (nSPS) is 21.0. The van der Waals surface area contributed by atoms with Crippen molar-refractivity contribution >= 4 is 11.9 Å². The van der Waals surface area contributed by atoms with Crippen molar-refractivity contribution in [1.29, 1.82) is 0 Å². The largest absolute Gasteiger partial charge is 0.479 e. The van der Waals surface area contributed by atoms with E-state index < -0.39 is 30.1 Å². The standard InChI is InChI=1S/C14H18F3N3O4/c1-8-10(9(2)20(19-8)6-14(15,16)17)5-11(21)18-13(12(22)23)3-4-24-7-13/h3-7H2,1-2H3,(H,18,21)(H,22,23). The molecule has 7 nitrogen and oxygen atoms in total. The number of hydrogen-bond donors (Lipinski definition) is 2. The second-order valence-corrected chi connectivity index (χ2v) is 5.84. The predicted octanol–water partition coefficient (Wildman–Crippen LogP) is 0.965. The summed E-state index contributed by atoms with van der Waals surface area (Å²) < 4.78 is 43.4. The quantitative estimate of drug-likeness (QED) is 0.826. The molecule has 1 aliphatic rings. The fourth-order valence-electron chi connectivity index (χ4n) is 2.67. The molecule has 0 spiro atoms. The van der Waals surface area contributed by atoms with Crippen LogP contribution in [0.4, 0.5) is 13.2 Å². The first-order valence-corrected chi connectivity index (χ1v) is 7.26. The van der Waals surface area contributed by atoms with Crippen molar-refractivity contribution < 1.29 is 32.6 Å². The van der Waals surface area contributed by atoms with Crippen LogP contribution >= 0.6 is 0 Å². The van der Waals surface area contributed by atoms with Crippen LogP contribution in [0.5, 0.6) is 0 Å². The van der Waals surface area contributed by atoms with Crippen molar-refractivity contribution in [1.82, 2.24) is 15.1 Å². The van der Waals surface area contributed by atoms with Crippen molar-refractivity contribution in [2.75, 3.05) is 13.2 Å². The summed E-state index contributed by atoms with van der Waals surface area (Å²) in [7, 11) is 0. The average molecular weight is 349 g/mol. The number of ether oxygens (including phenoxy) is 1. The Balaban J connectivity index is 2.13. The Morgan fingerprint density at radius 3 is 2.58 bits per heavy atom. The Bertz CT molecular complexity index is 648. The van der Waals surface area contributed by atoms with Crippen molar-refractivity contribution in [3.63, 3.8) is 0 Å². The van der Waals surface area contributed by atoms with Crippen LogP contribution in [-0.4, -0.2) is 51.7 Å². The third-order valence-electron chi connectivity index (χ3n) is 4.01. The molecule has 1 aromatic rings. The van der Waals surface area contributed by atoms with E-state index >= 15 is 0 Å². The zero-order valence-corrected chi connectivity index (χ0v) is 13.2. The van der Waals surface area contributed by atoms with Gasteiger partial charge in [0.05, 0.1) is 18.7 Å². The molecule has 24 heavy (non-hydrogen) atoms. The first-order valence-electron chi connectivity index (χ1n) is 7.26. The fraction of sp³-hybridized carbons (Fsp3) is 0.643. The Morgan fingerprint density at radius 1 is 1.42 bits per heavy atom. The van der Waals surface area contributed by atoms with Gasteiger partial charge in [-0.05, 0) is 13.8 Å². The highest BCUT2D eigenvalue weighted by Gasteiger charge is 2.44. The number of aromatic nitrogens is 2. The van der Waals surface area contributed by atoms with Crippen LogP contribution in [0.1, 0.15) is 23.4 Å². The van der Waals surface area contributed by atoms with Crippen LogP contribution in [0.15, 0.2) is 0 Å². The maximum atomic E-state index is 12.5. The van der Waals surface area contributed by atoms with Gasteiger partial charge >= 0.3 is 12.1 Å². The van der Waals surface area contributed by atoms with Crippen LogP contribution in [0.25, 0.3) is 0 Å². The molecule has 1 atom stereocenters. The minimum absolute atomic E-state index is 0.138. The summed E-state index contributed by atoms with van der Waals surface area (Å²) >= 11 is 0. The van der Waals surface area contributed by atoms with Gasteiger partial charge in [-0.15, -0.1) is 0 Å². The first kappa shape index (κ1) is 18.2. The van der Waals surface area contributed by atoms with Crippen LogP contribution in [-0.2, 0) is 27.3 Å². The molecule has 1 unspecified atom stereocenters. The Morgan fingerprint density at radius 2 is 2.08 bits per heavy atom. The molecule has 1 aromatic heterocycles. The number of nitrogens with one attached hydrogen (secondary N) is 1. The van der Waals surface area contributed by atoms with Gasteiger partial charge in [0.1, 0.15) is 6.54 Å². The number of aryl methyl sites for hydroxylation is 1. The van der Waals surface area contributed by atoms with Crippen LogP contribution in [0.3, 0.4) is 0 Å². The molecule has 10 heteroatoms. The Labute approximate surface area is 135 Å². The molecule has 134 valence electrons. The number of amides is 1. The second-order valence-electron chi connectivity index (χ2n) is 5.84. The van der Waals surface area contributed by atoms with E-state index in [1.54, 1.807) is 0 Å². The Hall–Kier alpha value is -2.10. The summed E-state index contributed by atoms with van der Waals surface area (Å²) in [6.45, 7) is 1.79. The lowest BCUT2D eigenvalue weighted by molar-refractivity contribution is -0.147. The minimum Gasteiger partial charge on any atom is -0.479 e. The highest BCUT2D eigenvalue weighted by Crippen LogP contribution is 2.22. The lowest BCUT2D eigenvalue weighted by Gasteiger charge is -2.23. The van der Waals surface area contributed by atoms with Crippen molar-refractivity contribution in [3.8, 4) is 0 Å². The van der Waals surface area contributed by atoms with Gasteiger partial charge in [-0.2, -0.15) is 18.3 Å². The molecule has 0 saturated carbocycles. The third-order valence-corrected chi connectivity index (χ3v) is 4.01. The van der Waals surface area contributed by atoms with Gasteiger partial charge in [-0.1, -0.05) is 0 Å². The monoisotopic (exact) mass is 349 g/mol. The number of rotatable bonds is 5. The summed E-state index contributed by atoms with van der Waals surface area (Å²) in [5.41, 5.74) is -0.594. The van der Waals surface area contributed by atoms with Crippen molar-refractivity contribution in [2.45, 2.75) is 44.9 Å². The summed E-state index contributed by atoms with van der Waals surface area (Å²) in [6.07, 6.45) is -4.53. The molecule has 0 radical (unpaired) electrons. The van der Waals surface area contributed by atoms with Crippen LogP contribution in [0.2, 0.25) is 0 Å². The van der Waals surface area contributed by atoms with Crippen molar-refractivity contribution in [3.05, 3.63) is 17.0 Å². The van der Waals surface area contributed by atoms with Gasteiger partial charge in [0, 0.05) is 24.3 Å². The fourth-order valence-corrected chi connectivity index (χ4v) is 2.67. The number of carbonyl (C=O) groups is 2. The number of halogens is 3. The minimum atomic E-state index is -4.42. The van der Waals surface area contributed by atoms with E-state index in [1.165, 1.54) is 13.8 Å². The molecular weight excluding hydrogens is 331 g/mol.